The molecule has 1 aromatic heterocycles. The number of amides is 1. The molecule has 5 rings (SSSR count). The molecule has 0 saturated heterocycles. The van der Waals surface area contributed by atoms with Crippen LogP contribution in [-0.2, 0) is 29.4 Å². The number of aryl methyl sites for hydroxylation is 1. The maximum absolute atomic E-state index is 13.1. The summed E-state index contributed by atoms with van der Waals surface area (Å²) in [4.78, 5) is 35.1. The van der Waals surface area contributed by atoms with Gasteiger partial charge in [-0.3, -0.25) is 9.59 Å². The van der Waals surface area contributed by atoms with Gasteiger partial charge in [-0.1, -0.05) is 42.5 Å². The molecule has 0 spiro atoms. The third kappa shape index (κ3) is 4.36. The number of hydrogen-bond donors (Lipinski definition) is 2. The number of aliphatic hydroxyl groups is 1. The number of fused-ring (bicyclic) bond motifs is 1. The lowest BCUT2D eigenvalue weighted by molar-refractivity contribution is -0.142. The van der Waals surface area contributed by atoms with Crippen molar-refractivity contribution in [2.45, 2.75) is 49.9 Å². The number of rotatable bonds is 4. The number of benzene rings is 2. The number of nitrogens with zero attached hydrogens (tertiary/aromatic N) is 2. The Morgan fingerprint density at radius 2 is 1.86 bits per heavy atom. The first-order chi connectivity index (χ1) is 16.7. The molecule has 0 bridgehead atoms. The van der Waals surface area contributed by atoms with Gasteiger partial charge >= 0.3 is 6.18 Å². The SMILES string of the molecule is O=C([C@@H](O)c1cccc(C(F)(F)F)c1)N1CCCc2nc(C3(c4ccccc4)CC3)[nH]c(=O)c2C1. The molecule has 182 valence electrons. The van der Waals surface area contributed by atoms with E-state index in [2.05, 4.69) is 4.98 Å². The number of aliphatic hydroxyl groups excluding tert-OH is 1. The van der Waals surface area contributed by atoms with Crippen molar-refractivity contribution in [1.82, 2.24) is 14.9 Å². The van der Waals surface area contributed by atoms with Crippen molar-refractivity contribution in [3.63, 3.8) is 0 Å². The lowest BCUT2D eigenvalue weighted by Crippen LogP contribution is -2.36. The van der Waals surface area contributed by atoms with E-state index in [-0.39, 0.29) is 29.6 Å². The molecule has 1 atom stereocenters. The second-order valence-electron chi connectivity index (χ2n) is 9.18. The van der Waals surface area contributed by atoms with Gasteiger partial charge in [0.05, 0.1) is 28.8 Å². The largest absolute Gasteiger partial charge is 0.416 e. The first-order valence-corrected chi connectivity index (χ1v) is 11.5. The lowest BCUT2D eigenvalue weighted by atomic mass is 9.94. The van der Waals surface area contributed by atoms with Gasteiger partial charge in [0.1, 0.15) is 5.82 Å². The Morgan fingerprint density at radius 3 is 2.54 bits per heavy atom. The summed E-state index contributed by atoms with van der Waals surface area (Å²) in [6, 6.07) is 14.0. The zero-order valence-electron chi connectivity index (χ0n) is 18.8. The van der Waals surface area contributed by atoms with Crippen molar-refractivity contribution in [3.8, 4) is 0 Å². The Morgan fingerprint density at radius 1 is 1.11 bits per heavy atom. The van der Waals surface area contributed by atoms with Crippen LogP contribution in [0.3, 0.4) is 0 Å². The van der Waals surface area contributed by atoms with Crippen LogP contribution in [0.2, 0.25) is 0 Å². The highest BCUT2D eigenvalue weighted by Gasteiger charge is 2.48. The smallest absolute Gasteiger partial charge is 0.378 e. The van der Waals surface area contributed by atoms with Gasteiger partial charge in [-0.25, -0.2) is 4.98 Å². The minimum Gasteiger partial charge on any atom is -0.378 e. The summed E-state index contributed by atoms with van der Waals surface area (Å²) < 4.78 is 39.2. The van der Waals surface area contributed by atoms with Crippen LogP contribution >= 0.6 is 0 Å². The average molecular weight is 483 g/mol. The first kappa shape index (κ1) is 23.3. The van der Waals surface area contributed by atoms with Gasteiger partial charge in [-0.05, 0) is 48.9 Å². The van der Waals surface area contributed by atoms with Gasteiger partial charge in [-0.2, -0.15) is 13.2 Å². The van der Waals surface area contributed by atoms with Gasteiger partial charge in [0.2, 0.25) is 0 Å². The van der Waals surface area contributed by atoms with Crippen LogP contribution in [-0.4, -0.2) is 32.4 Å². The minimum atomic E-state index is -4.59. The highest BCUT2D eigenvalue weighted by molar-refractivity contribution is 5.82. The van der Waals surface area contributed by atoms with E-state index in [9.17, 15) is 27.9 Å². The lowest BCUT2D eigenvalue weighted by Gasteiger charge is -2.24. The Kier molecular flexibility index (Phi) is 5.75. The topological polar surface area (TPSA) is 86.3 Å². The number of nitrogens with one attached hydrogen (secondary N) is 1. The fraction of sp³-hybridized carbons (Fsp3) is 0.346. The summed E-state index contributed by atoms with van der Waals surface area (Å²) in [5.74, 6) is -0.125. The van der Waals surface area contributed by atoms with Crippen molar-refractivity contribution >= 4 is 5.91 Å². The van der Waals surface area contributed by atoms with Crippen LogP contribution in [0, 0.1) is 0 Å². The summed E-state index contributed by atoms with van der Waals surface area (Å²) in [5, 5.41) is 10.6. The van der Waals surface area contributed by atoms with Gasteiger partial charge in [0.15, 0.2) is 6.10 Å². The number of aromatic amines is 1. The Balaban J connectivity index is 1.41. The highest BCUT2D eigenvalue weighted by Crippen LogP contribution is 2.51. The summed E-state index contributed by atoms with van der Waals surface area (Å²) >= 11 is 0. The van der Waals surface area contributed by atoms with E-state index < -0.39 is 23.8 Å². The number of carbonyl (C=O) groups excluding carboxylic acids is 1. The van der Waals surface area contributed by atoms with Gasteiger partial charge < -0.3 is 15.0 Å². The summed E-state index contributed by atoms with van der Waals surface area (Å²) in [5.41, 5.74) is 0.336. The van der Waals surface area contributed by atoms with Crippen molar-refractivity contribution in [2.24, 2.45) is 0 Å². The van der Waals surface area contributed by atoms with Crippen molar-refractivity contribution < 1.29 is 23.1 Å². The third-order valence-electron chi connectivity index (χ3n) is 6.90. The van der Waals surface area contributed by atoms with Crippen LogP contribution in [0.25, 0.3) is 0 Å². The fourth-order valence-corrected chi connectivity index (χ4v) is 4.78. The minimum absolute atomic E-state index is 0.0643. The number of carbonyl (C=O) groups is 1. The van der Waals surface area contributed by atoms with E-state index in [0.29, 0.717) is 29.9 Å². The molecular weight excluding hydrogens is 459 g/mol. The zero-order chi connectivity index (χ0) is 24.8. The second kappa shape index (κ2) is 8.64. The molecule has 2 heterocycles. The van der Waals surface area contributed by atoms with Crippen LogP contribution in [0.1, 0.15) is 59.1 Å². The van der Waals surface area contributed by atoms with Crippen LogP contribution < -0.4 is 5.56 Å². The highest BCUT2D eigenvalue weighted by atomic mass is 19.4. The van der Waals surface area contributed by atoms with Crippen LogP contribution in [0.4, 0.5) is 13.2 Å². The van der Waals surface area contributed by atoms with Crippen LogP contribution in [0.5, 0.6) is 0 Å². The Labute approximate surface area is 199 Å². The molecule has 2 N–H and O–H groups in total. The van der Waals surface area contributed by atoms with Crippen LogP contribution in [0.15, 0.2) is 59.4 Å². The summed E-state index contributed by atoms with van der Waals surface area (Å²) in [6.45, 7) is 0.189. The monoisotopic (exact) mass is 483 g/mol. The van der Waals surface area contributed by atoms with Gasteiger partial charge in [-0.15, -0.1) is 0 Å². The molecular formula is C26H24F3N3O3. The third-order valence-corrected chi connectivity index (χ3v) is 6.90. The molecule has 0 unspecified atom stereocenters. The molecule has 6 nitrogen and oxygen atoms in total. The van der Waals surface area contributed by atoms with E-state index in [1.165, 1.54) is 11.0 Å². The first-order valence-electron chi connectivity index (χ1n) is 11.5. The Bertz CT molecular complexity index is 1320. The molecule has 1 amide bonds. The van der Waals surface area contributed by atoms with Gasteiger partial charge in [0.25, 0.3) is 11.5 Å². The maximum atomic E-state index is 13.1. The number of hydrogen-bond acceptors (Lipinski definition) is 4. The standard InChI is InChI=1S/C26H24F3N3O3/c27-26(28,29)18-9-4-6-16(14-18)21(33)23(35)32-13-5-10-20-19(15-32)22(34)31-24(30-20)25(11-12-25)17-7-2-1-3-8-17/h1-4,6-9,14,21,33H,5,10-13,15H2,(H,30,31,34)/t21-/m0/s1. The predicted octanol–water partition coefficient (Wildman–Crippen LogP) is 3.88. The second-order valence-corrected chi connectivity index (χ2v) is 9.18. The molecule has 2 aromatic carbocycles. The normalized spacial score (nSPS) is 17.9. The molecule has 35 heavy (non-hydrogen) atoms. The van der Waals surface area contributed by atoms with Crippen molar-refractivity contribution in [3.05, 3.63) is 98.7 Å². The number of aromatic nitrogens is 2. The Hall–Kier alpha value is -3.46. The maximum Gasteiger partial charge on any atom is 0.416 e. The number of H-pyrrole nitrogens is 1. The molecule has 2 aliphatic rings. The van der Waals surface area contributed by atoms with Crippen molar-refractivity contribution in [2.75, 3.05) is 6.54 Å². The molecule has 9 heteroatoms. The fourth-order valence-electron chi connectivity index (χ4n) is 4.78. The number of halogens is 3. The number of alkyl halides is 3. The average Bonchev–Trinajstić information content (AvgIpc) is 3.68. The molecule has 1 aliphatic heterocycles. The quantitative estimate of drug-likeness (QED) is 0.590. The zero-order valence-corrected chi connectivity index (χ0v) is 18.8. The molecule has 1 saturated carbocycles. The molecule has 3 aromatic rings. The van der Waals surface area contributed by atoms with E-state index in [0.717, 1.165) is 36.6 Å². The van der Waals surface area contributed by atoms with E-state index in [1.807, 2.05) is 30.3 Å². The molecule has 0 radical (unpaired) electrons. The molecule has 1 fully saturated rings. The van der Waals surface area contributed by atoms with E-state index in [1.54, 1.807) is 0 Å². The summed E-state index contributed by atoms with van der Waals surface area (Å²) in [6.07, 6.45) is -3.59. The van der Waals surface area contributed by atoms with Crippen molar-refractivity contribution in [1.29, 1.82) is 0 Å². The molecule has 1 aliphatic carbocycles. The van der Waals surface area contributed by atoms with Gasteiger partial charge in [0, 0.05) is 6.54 Å². The van der Waals surface area contributed by atoms with E-state index in [4.69, 9.17) is 4.98 Å². The summed E-state index contributed by atoms with van der Waals surface area (Å²) in [7, 11) is 0. The predicted molar refractivity (Wildman–Crippen MR) is 121 cm³/mol. The van der Waals surface area contributed by atoms with E-state index >= 15 is 0 Å².